The maximum atomic E-state index is 11.7. The number of anilines is 1. The summed E-state index contributed by atoms with van der Waals surface area (Å²) >= 11 is 0. The van der Waals surface area contributed by atoms with E-state index in [2.05, 4.69) is 4.98 Å². The summed E-state index contributed by atoms with van der Waals surface area (Å²) in [6, 6.07) is 5.01. The number of benzene rings is 1. The van der Waals surface area contributed by atoms with Gasteiger partial charge in [-0.15, -0.1) is 0 Å². The molecule has 1 amide bonds. The van der Waals surface area contributed by atoms with Gasteiger partial charge < -0.3 is 16.2 Å². The molecule has 4 N–H and O–H groups in total. The van der Waals surface area contributed by atoms with Crippen LogP contribution in [0.3, 0.4) is 0 Å². The number of para-hydroxylation sites is 1. The largest absolute Gasteiger partial charge is 0.492 e. The Hall–Kier alpha value is -2.24. The predicted molar refractivity (Wildman–Crippen MR) is 78.4 cm³/mol. The SMILES string of the molecule is CCOc1cccc2c1nc(N)n2C(C(N)=O)C(C)C. The number of primary amides is 1. The standard InChI is InChI=1S/C14H20N4O2/c1-4-20-10-7-5-6-9-11(10)17-14(16)18(9)12(8(2)3)13(15)19/h5-8,12H,4H2,1-3H3,(H2,15,19)(H2,16,17). The lowest BCUT2D eigenvalue weighted by molar-refractivity contribution is -0.122. The van der Waals surface area contributed by atoms with E-state index in [1.54, 1.807) is 4.57 Å². The molecule has 0 radical (unpaired) electrons. The Labute approximate surface area is 117 Å². The van der Waals surface area contributed by atoms with Gasteiger partial charge in [0.25, 0.3) is 0 Å². The molecule has 0 aliphatic heterocycles. The monoisotopic (exact) mass is 276 g/mol. The number of ether oxygens (including phenoxy) is 1. The smallest absolute Gasteiger partial charge is 0.240 e. The van der Waals surface area contributed by atoms with Gasteiger partial charge in [-0.1, -0.05) is 19.9 Å². The number of carbonyl (C=O) groups is 1. The lowest BCUT2D eigenvalue weighted by Crippen LogP contribution is -2.31. The molecule has 1 aromatic heterocycles. The quantitative estimate of drug-likeness (QED) is 0.868. The molecule has 6 nitrogen and oxygen atoms in total. The van der Waals surface area contributed by atoms with E-state index in [-0.39, 0.29) is 11.9 Å². The summed E-state index contributed by atoms with van der Waals surface area (Å²) in [5.74, 6) is 0.517. The second-order valence-electron chi connectivity index (χ2n) is 4.99. The molecule has 0 aliphatic carbocycles. The van der Waals surface area contributed by atoms with Gasteiger partial charge in [0.2, 0.25) is 11.9 Å². The van der Waals surface area contributed by atoms with Crippen molar-refractivity contribution in [3.05, 3.63) is 18.2 Å². The fourth-order valence-electron chi connectivity index (χ4n) is 2.43. The number of carbonyl (C=O) groups excluding carboxylic acids is 1. The molecular weight excluding hydrogens is 256 g/mol. The minimum absolute atomic E-state index is 0.0166. The number of hydrogen-bond donors (Lipinski definition) is 2. The Balaban J connectivity index is 2.67. The van der Waals surface area contributed by atoms with Gasteiger partial charge in [-0.25, -0.2) is 4.98 Å². The first-order valence-electron chi connectivity index (χ1n) is 6.65. The number of amides is 1. The first-order chi connectivity index (χ1) is 9.47. The van der Waals surface area contributed by atoms with Crippen molar-refractivity contribution >= 4 is 22.9 Å². The molecule has 0 fully saturated rings. The molecule has 6 heteroatoms. The number of imidazole rings is 1. The third-order valence-corrected chi connectivity index (χ3v) is 3.21. The van der Waals surface area contributed by atoms with Gasteiger partial charge in [0, 0.05) is 0 Å². The number of aromatic nitrogens is 2. The Morgan fingerprint density at radius 2 is 2.15 bits per heavy atom. The highest BCUT2D eigenvalue weighted by Gasteiger charge is 2.26. The predicted octanol–water partition coefficient (Wildman–Crippen LogP) is 1.70. The van der Waals surface area contributed by atoms with Crippen LogP contribution in [-0.2, 0) is 4.79 Å². The maximum absolute atomic E-state index is 11.7. The molecule has 108 valence electrons. The van der Waals surface area contributed by atoms with Gasteiger partial charge in [0.1, 0.15) is 17.3 Å². The zero-order valence-electron chi connectivity index (χ0n) is 12.0. The summed E-state index contributed by atoms with van der Waals surface area (Å²) < 4.78 is 7.23. The Morgan fingerprint density at radius 1 is 1.45 bits per heavy atom. The molecule has 1 atom stereocenters. The third kappa shape index (κ3) is 2.29. The topological polar surface area (TPSA) is 96.2 Å². The highest BCUT2D eigenvalue weighted by Crippen LogP contribution is 2.32. The van der Waals surface area contributed by atoms with E-state index in [9.17, 15) is 4.79 Å². The van der Waals surface area contributed by atoms with E-state index in [0.29, 0.717) is 17.9 Å². The van der Waals surface area contributed by atoms with Gasteiger partial charge in [0.05, 0.1) is 12.1 Å². The number of hydrogen-bond acceptors (Lipinski definition) is 4. The van der Waals surface area contributed by atoms with Gasteiger partial charge in [-0.2, -0.15) is 0 Å². The van der Waals surface area contributed by atoms with Crippen LogP contribution in [-0.4, -0.2) is 22.1 Å². The second-order valence-corrected chi connectivity index (χ2v) is 4.99. The van der Waals surface area contributed by atoms with Crippen LogP contribution in [0.15, 0.2) is 18.2 Å². The fraction of sp³-hybridized carbons (Fsp3) is 0.429. The maximum Gasteiger partial charge on any atom is 0.240 e. The average Bonchev–Trinajstić information content (AvgIpc) is 2.68. The Morgan fingerprint density at radius 3 is 2.70 bits per heavy atom. The van der Waals surface area contributed by atoms with E-state index < -0.39 is 11.9 Å². The van der Waals surface area contributed by atoms with Gasteiger partial charge in [-0.3, -0.25) is 9.36 Å². The van der Waals surface area contributed by atoms with Gasteiger partial charge in [0.15, 0.2) is 0 Å². The Kier molecular flexibility index (Phi) is 3.83. The van der Waals surface area contributed by atoms with Crippen LogP contribution in [0.1, 0.15) is 26.8 Å². The number of nitrogen functional groups attached to an aromatic ring is 1. The first-order valence-corrected chi connectivity index (χ1v) is 6.65. The highest BCUT2D eigenvalue weighted by molar-refractivity contribution is 5.88. The molecule has 0 spiro atoms. The number of nitrogens with zero attached hydrogens (tertiary/aromatic N) is 2. The van der Waals surface area contributed by atoms with Crippen LogP contribution in [0.25, 0.3) is 11.0 Å². The van der Waals surface area contributed by atoms with Crippen molar-refractivity contribution in [2.75, 3.05) is 12.3 Å². The third-order valence-electron chi connectivity index (χ3n) is 3.21. The molecule has 2 rings (SSSR count). The van der Waals surface area contributed by atoms with E-state index in [4.69, 9.17) is 16.2 Å². The summed E-state index contributed by atoms with van der Waals surface area (Å²) in [6.07, 6.45) is 0. The van der Waals surface area contributed by atoms with Crippen molar-refractivity contribution in [2.24, 2.45) is 11.7 Å². The summed E-state index contributed by atoms with van der Waals surface area (Å²) in [5, 5.41) is 0. The van der Waals surface area contributed by atoms with E-state index in [1.807, 2.05) is 39.0 Å². The summed E-state index contributed by atoms with van der Waals surface area (Å²) in [4.78, 5) is 16.1. The average molecular weight is 276 g/mol. The molecule has 0 aliphatic rings. The molecule has 0 saturated heterocycles. The lowest BCUT2D eigenvalue weighted by atomic mass is 10.0. The van der Waals surface area contributed by atoms with Crippen LogP contribution in [0.2, 0.25) is 0 Å². The van der Waals surface area contributed by atoms with E-state index in [1.165, 1.54) is 0 Å². The zero-order chi connectivity index (χ0) is 14.9. The number of nitrogens with two attached hydrogens (primary N) is 2. The van der Waals surface area contributed by atoms with Crippen molar-refractivity contribution in [3.8, 4) is 5.75 Å². The molecular formula is C14H20N4O2. The fourth-order valence-corrected chi connectivity index (χ4v) is 2.43. The van der Waals surface area contributed by atoms with Crippen molar-refractivity contribution in [3.63, 3.8) is 0 Å². The molecule has 1 unspecified atom stereocenters. The first kappa shape index (κ1) is 14.2. The van der Waals surface area contributed by atoms with Crippen LogP contribution >= 0.6 is 0 Å². The highest BCUT2D eigenvalue weighted by atomic mass is 16.5. The van der Waals surface area contributed by atoms with Crippen molar-refractivity contribution < 1.29 is 9.53 Å². The molecule has 20 heavy (non-hydrogen) atoms. The minimum atomic E-state index is -0.531. The molecule has 2 aromatic rings. The summed E-state index contributed by atoms with van der Waals surface area (Å²) in [7, 11) is 0. The van der Waals surface area contributed by atoms with Crippen LogP contribution in [0.5, 0.6) is 5.75 Å². The lowest BCUT2D eigenvalue weighted by Gasteiger charge is -2.21. The van der Waals surface area contributed by atoms with Gasteiger partial charge >= 0.3 is 0 Å². The van der Waals surface area contributed by atoms with E-state index in [0.717, 1.165) is 5.52 Å². The molecule has 0 bridgehead atoms. The van der Waals surface area contributed by atoms with Gasteiger partial charge in [-0.05, 0) is 25.0 Å². The Bertz CT molecular complexity index is 633. The van der Waals surface area contributed by atoms with Crippen LogP contribution in [0.4, 0.5) is 5.95 Å². The van der Waals surface area contributed by atoms with Crippen LogP contribution < -0.4 is 16.2 Å². The summed E-state index contributed by atoms with van der Waals surface area (Å²) in [6.45, 7) is 6.29. The van der Waals surface area contributed by atoms with E-state index >= 15 is 0 Å². The van der Waals surface area contributed by atoms with Crippen molar-refractivity contribution in [2.45, 2.75) is 26.8 Å². The second kappa shape index (κ2) is 5.40. The minimum Gasteiger partial charge on any atom is -0.492 e. The molecule has 0 saturated carbocycles. The molecule has 1 heterocycles. The molecule has 1 aromatic carbocycles. The van der Waals surface area contributed by atoms with Crippen molar-refractivity contribution in [1.29, 1.82) is 0 Å². The normalized spacial score (nSPS) is 12.8. The summed E-state index contributed by atoms with van der Waals surface area (Å²) in [5.41, 5.74) is 12.9. The number of fused-ring (bicyclic) bond motifs is 1. The van der Waals surface area contributed by atoms with Crippen LogP contribution in [0, 0.1) is 5.92 Å². The zero-order valence-corrected chi connectivity index (χ0v) is 12.0. The van der Waals surface area contributed by atoms with Crippen molar-refractivity contribution in [1.82, 2.24) is 9.55 Å². The number of rotatable bonds is 5.